The number of nitrogens with zero attached hydrogens (tertiary/aromatic N) is 4. The highest BCUT2D eigenvalue weighted by molar-refractivity contribution is 7.90. The van der Waals surface area contributed by atoms with Crippen LogP contribution in [-0.2, 0) is 10.0 Å². The minimum Gasteiger partial charge on any atom is -0.353 e. The molecule has 0 atom stereocenters. The van der Waals surface area contributed by atoms with E-state index in [0.717, 1.165) is 37.1 Å². The maximum Gasteiger partial charge on any atom is 0.266 e. The fraction of sp³-hybridized carbons (Fsp3) is 0.190. The normalized spacial score (nSPS) is 14.3. The Morgan fingerprint density at radius 2 is 1.66 bits per heavy atom. The first-order valence-electron chi connectivity index (χ1n) is 9.73. The molecule has 1 aromatic carbocycles. The maximum atomic E-state index is 13.2. The van der Waals surface area contributed by atoms with Crippen molar-refractivity contribution in [2.45, 2.75) is 4.90 Å². The Kier molecular flexibility index (Phi) is 6.24. The summed E-state index contributed by atoms with van der Waals surface area (Å²) >= 11 is 5.83. The maximum absolute atomic E-state index is 13.2. The topological polar surface area (TPSA) is 95.5 Å². The zero-order valence-electron chi connectivity index (χ0n) is 16.8. The molecular formula is C21H19ClFN5O3S. The van der Waals surface area contributed by atoms with Crippen LogP contribution in [0.5, 0.6) is 0 Å². The molecule has 32 heavy (non-hydrogen) atoms. The lowest BCUT2D eigenvalue weighted by molar-refractivity contribution is 0.0981. The smallest absolute Gasteiger partial charge is 0.266 e. The number of anilines is 2. The van der Waals surface area contributed by atoms with Crippen molar-refractivity contribution in [3.8, 4) is 0 Å². The third kappa shape index (κ3) is 4.81. The van der Waals surface area contributed by atoms with Gasteiger partial charge >= 0.3 is 0 Å². The SMILES string of the molecule is O=C(NS(=O)(=O)c1ccc(N2CCN(c3ccccn3)CC2)nc1)c1ccc(F)cc1Cl. The summed E-state index contributed by atoms with van der Waals surface area (Å²) in [6.45, 7) is 2.92. The molecule has 11 heteroatoms. The second-order valence-corrected chi connectivity index (χ2v) is 9.16. The molecule has 1 aliphatic heterocycles. The van der Waals surface area contributed by atoms with Crippen LogP contribution in [0.2, 0.25) is 5.02 Å². The number of pyridine rings is 2. The van der Waals surface area contributed by atoms with E-state index in [1.54, 1.807) is 12.3 Å². The Labute approximate surface area is 189 Å². The lowest BCUT2D eigenvalue weighted by Gasteiger charge is -2.36. The van der Waals surface area contributed by atoms with Gasteiger partial charge in [0.2, 0.25) is 0 Å². The van der Waals surface area contributed by atoms with Crippen LogP contribution in [0, 0.1) is 5.82 Å². The summed E-state index contributed by atoms with van der Waals surface area (Å²) in [4.78, 5) is 25.0. The number of sulfonamides is 1. The molecule has 2 aromatic heterocycles. The van der Waals surface area contributed by atoms with Crippen molar-refractivity contribution < 1.29 is 17.6 Å². The van der Waals surface area contributed by atoms with Crippen LogP contribution in [0.3, 0.4) is 0 Å². The first-order valence-corrected chi connectivity index (χ1v) is 11.6. The van der Waals surface area contributed by atoms with E-state index in [1.165, 1.54) is 12.3 Å². The van der Waals surface area contributed by atoms with Crippen LogP contribution in [0.4, 0.5) is 16.0 Å². The van der Waals surface area contributed by atoms with Gasteiger partial charge in [-0.2, -0.15) is 0 Å². The van der Waals surface area contributed by atoms with E-state index in [1.807, 2.05) is 27.8 Å². The van der Waals surface area contributed by atoms with E-state index in [0.29, 0.717) is 18.9 Å². The number of amides is 1. The third-order valence-electron chi connectivity index (χ3n) is 5.01. The van der Waals surface area contributed by atoms with Crippen LogP contribution in [0.15, 0.2) is 65.8 Å². The van der Waals surface area contributed by atoms with E-state index in [-0.39, 0.29) is 15.5 Å². The lowest BCUT2D eigenvalue weighted by atomic mass is 10.2. The van der Waals surface area contributed by atoms with E-state index >= 15 is 0 Å². The van der Waals surface area contributed by atoms with Gasteiger partial charge in [0.25, 0.3) is 15.9 Å². The van der Waals surface area contributed by atoms with Crippen molar-refractivity contribution in [3.05, 3.63) is 77.3 Å². The minimum absolute atomic E-state index is 0.146. The Morgan fingerprint density at radius 1 is 0.969 bits per heavy atom. The number of rotatable bonds is 5. The largest absolute Gasteiger partial charge is 0.353 e. The molecule has 0 radical (unpaired) electrons. The van der Waals surface area contributed by atoms with Crippen LogP contribution >= 0.6 is 11.6 Å². The Balaban J connectivity index is 1.41. The summed E-state index contributed by atoms with van der Waals surface area (Å²) in [6.07, 6.45) is 2.95. The van der Waals surface area contributed by atoms with Gasteiger partial charge in [-0.05, 0) is 42.5 Å². The Morgan fingerprint density at radius 3 is 2.22 bits per heavy atom. The molecule has 1 amide bonds. The molecule has 0 bridgehead atoms. The molecule has 3 heterocycles. The summed E-state index contributed by atoms with van der Waals surface area (Å²) in [6, 6.07) is 11.8. The highest BCUT2D eigenvalue weighted by atomic mass is 35.5. The second-order valence-electron chi connectivity index (χ2n) is 7.07. The van der Waals surface area contributed by atoms with Gasteiger partial charge in [0, 0.05) is 38.6 Å². The van der Waals surface area contributed by atoms with Gasteiger partial charge in [0.1, 0.15) is 22.3 Å². The van der Waals surface area contributed by atoms with Crippen molar-refractivity contribution >= 4 is 39.2 Å². The van der Waals surface area contributed by atoms with Gasteiger partial charge in [-0.1, -0.05) is 17.7 Å². The molecule has 1 aliphatic rings. The average Bonchev–Trinajstić information content (AvgIpc) is 2.79. The van der Waals surface area contributed by atoms with E-state index in [2.05, 4.69) is 14.9 Å². The number of piperazine rings is 1. The van der Waals surface area contributed by atoms with Crippen LogP contribution in [-0.4, -0.2) is 50.5 Å². The molecule has 166 valence electrons. The highest BCUT2D eigenvalue weighted by Gasteiger charge is 2.23. The van der Waals surface area contributed by atoms with E-state index in [4.69, 9.17) is 11.6 Å². The molecule has 0 spiro atoms. The van der Waals surface area contributed by atoms with Gasteiger partial charge < -0.3 is 9.80 Å². The summed E-state index contributed by atoms with van der Waals surface area (Å²) in [5.74, 6) is -0.0316. The van der Waals surface area contributed by atoms with Gasteiger partial charge in [-0.3, -0.25) is 4.79 Å². The lowest BCUT2D eigenvalue weighted by Crippen LogP contribution is -2.47. The van der Waals surface area contributed by atoms with Crippen molar-refractivity contribution in [2.24, 2.45) is 0 Å². The fourth-order valence-corrected chi connectivity index (χ4v) is 4.50. The number of hydrogen-bond acceptors (Lipinski definition) is 7. The van der Waals surface area contributed by atoms with Crippen molar-refractivity contribution in [1.82, 2.24) is 14.7 Å². The second kappa shape index (κ2) is 9.09. The van der Waals surface area contributed by atoms with Crippen LogP contribution in [0.25, 0.3) is 0 Å². The number of carbonyl (C=O) groups is 1. The number of nitrogens with one attached hydrogen (secondary N) is 1. The molecule has 0 saturated carbocycles. The average molecular weight is 476 g/mol. The first-order chi connectivity index (χ1) is 15.3. The molecule has 3 aromatic rings. The number of hydrogen-bond donors (Lipinski definition) is 1. The summed E-state index contributed by atoms with van der Waals surface area (Å²) < 4.78 is 40.2. The van der Waals surface area contributed by atoms with Crippen LogP contribution in [0.1, 0.15) is 10.4 Å². The molecular weight excluding hydrogens is 457 g/mol. The van der Waals surface area contributed by atoms with Crippen molar-refractivity contribution in [1.29, 1.82) is 0 Å². The molecule has 1 N–H and O–H groups in total. The van der Waals surface area contributed by atoms with E-state index < -0.39 is 21.7 Å². The molecule has 0 unspecified atom stereocenters. The first kappa shape index (κ1) is 22.0. The van der Waals surface area contributed by atoms with Gasteiger partial charge in [-0.25, -0.2) is 27.5 Å². The molecule has 1 saturated heterocycles. The molecule has 0 aliphatic carbocycles. The summed E-state index contributed by atoms with van der Waals surface area (Å²) in [5.41, 5.74) is -0.146. The van der Waals surface area contributed by atoms with Gasteiger partial charge in [-0.15, -0.1) is 0 Å². The number of carbonyl (C=O) groups excluding carboxylic acids is 1. The predicted octanol–water partition coefficient (Wildman–Crippen LogP) is 2.71. The Hall–Kier alpha value is -3.24. The monoisotopic (exact) mass is 475 g/mol. The standard InChI is InChI=1S/C21H19ClFN5O3S/c22-18-13-15(23)4-6-17(18)21(29)26-32(30,31)16-5-7-20(25-14-16)28-11-9-27(10-12-28)19-3-1-2-8-24-19/h1-8,13-14H,9-12H2,(H,26,29). The zero-order valence-corrected chi connectivity index (χ0v) is 18.4. The van der Waals surface area contributed by atoms with Crippen molar-refractivity contribution in [3.63, 3.8) is 0 Å². The van der Waals surface area contributed by atoms with Gasteiger partial charge in [0.15, 0.2) is 0 Å². The van der Waals surface area contributed by atoms with Crippen LogP contribution < -0.4 is 14.5 Å². The number of benzene rings is 1. The van der Waals surface area contributed by atoms with E-state index in [9.17, 15) is 17.6 Å². The Bertz CT molecular complexity index is 1220. The zero-order chi connectivity index (χ0) is 22.7. The molecule has 1 fully saturated rings. The predicted molar refractivity (Wildman–Crippen MR) is 119 cm³/mol. The third-order valence-corrected chi connectivity index (χ3v) is 6.64. The fourth-order valence-electron chi connectivity index (χ4n) is 3.33. The minimum atomic E-state index is -4.18. The molecule has 8 nitrogen and oxygen atoms in total. The van der Waals surface area contributed by atoms with Crippen molar-refractivity contribution in [2.75, 3.05) is 36.0 Å². The number of halogens is 2. The molecule has 4 rings (SSSR count). The highest BCUT2D eigenvalue weighted by Crippen LogP contribution is 2.20. The summed E-state index contributed by atoms with van der Waals surface area (Å²) in [5, 5.41) is -0.184. The quantitative estimate of drug-likeness (QED) is 0.606. The number of aromatic nitrogens is 2. The van der Waals surface area contributed by atoms with Gasteiger partial charge in [0.05, 0.1) is 10.6 Å². The summed E-state index contributed by atoms with van der Waals surface area (Å²) in [7, 11) is -4.18.